The largest absolute Gasteiger partial charge is 0.507 e. The lowest BCUT2D eigenvalue weighted by atomic mass is 9.85. The molecular weight excluding hydrogens is 274 g/mol. The lowest BCUT2D eigenvalue weighted by molar-refractivity contribution is -0.138. The monoisotopic (exact) mass is 295 g/mol. The first-order valence-corrected chi connectivity index (χ1v) is 6.61. The number of phenolic OH excluding ortho intramolecular Hbond substituents is 1. The number of nitrogens with one attached hydrogen (secondary N) is 1. The van der Waals surface area contributed by atoms with Crippen LogP contribution < -0.4 is 10.1 Å². The van der Waals surface area contributed by atoms with Gasteiger partial charge >= 0.3 is 5.97 Å². The number of benzene rings is 1. The molecule has 0 aromatic heterocycles. The van der Waals surface area contributed by atoms with E-state index in [2.05, 4.69) is 5.32 Å². The van der Waals surface area contributed by atoms with Gasteiger partial charge in [-0.1, -0.05) is 13.8 Å². The first-order valence-electron chi connectivity index (χ1n) is 6.61. The number of ether oxygens (including phenoxy) is 1. The molecule has 1 aromatic rings. The summed E-state index contributed by atoms with van der Waals surface area (Å²) in [6, 6.07) is 4.30. The summed E-state index contributed by atoms with van der Waals surface area (Å²) in [5.74, 6) is -1.38. The number of hydrogen-bond acceptors (Lipinski definition) is 4. The highest BCUT2D eigenvalue weighted by molar-refractivity contribution is 5.98. The van der Waals surface area contributed by atoms with E-state index in [1.54, 1.807) is 6.92 Å². The Kier molecular flexibility index (Phi) is 5.18. The molecule has 0 radical (unpaired) electrons. The number of carbonyl (C=O) groups is 2. The van der Waals surface area contributed by atoms with E-state index >= 15 is 0 Å². The van der Waals surface area contributed by atoms with Gasteiger partial charge in [0.15, 0.2) is 0 Å². The van der Waals surface area contributed by atoms with Crippen molar-refractivity contribution in [3.05, 3.63) is 23.8 Å². The highest BCUT2D eigenvalue weighted by Crippen LogP contribution is 2.26. The summed E-state index contributed by atoms with van der Waals surface area (Å²) in [4.78, 5) is 23.3. The normalized spacial score (nSPS) is 13.6. The molecule has 0 aliphatic carbocycles. The fourth-order valence-corrected chi connectivity index (χ4v) is 1.86. The van der Waals surface area contributed by atoms with E-state index in [1.165, 1.54) is 25.3 Å². The van der Waals surface area contributed by atoms with Gasteiger partial charge in [0.2, 0.25) is 0 Å². The van der Waals surface area contributed by atoms with Crippen LogP contribution in [0.5, 0.6) is 11.5 Å². The van der Waals surface area contributed by atoms with E-state index in [0.29, 0.717) is 5.75 Å². The Bertz CT molecular complexity index is 541. The maximum absolute atomic E-state index is 12.3. The molecule has 0 aliphatic heterocycles. The third kappa shape index (κ3) is 4.11. The van der Waals surface area contributed by atoms with E-state index < -0.39 is 17.4 Å². The number of amides is 1. The minimum absolute atomic E-state index is 0.0478. The van der Waals surface area contributed by atoms with Crippen molar-refractivity contribution < 1.29 is 24.5 Å². The Morgan fingerprint density at radius 3 is 2.48 bits per heavy atom. The number of carboxylic acid groups (broad SMARTS) is 1. The summed E-state index contributed by atoms with van der Waals surface area (Å²) in [5.41, 5.74) is -0.870. The zero-order valence-electron chi connectivity index (χ0n) is 12.6. The fraction of sp³-hybridized carbons (Fsp3) is 0.467. The highest BCUT2D eigenvalue weighted by atomic mass is 16.5. The summed E-state index contributed by atoms with van der Waals surface area (Å²) in [7, 11) is 1.46. The van der Waals surface area contributed by atoms with E-state index in [0.717, 1.165) is 0 Å². The van der Waals surface area contributed by atoms with Crippen molar-refractivity contribution in [1.82, 2.24) is 5.32 Å². The molecule has 1 atom stereocenters. The molecule has 0 bridgehead atoms. The van der Waals surface area contributed by atoms with Gasteiger partial charge < -0.3 is 20.3 Å². The van der Waals surface area contributed by atoms with Gasteiger partial charge in [0.25, 0.3) is 5.91 Å². The van der Waals surface area contributed by atoms with E-state index in [4.69, 9.17) is 9.84 Å². The van der Waals surface area contributed by atoms with Crippen LogP contribution in [0, 0.1) is 5.92 Å². The quantitative estimate of drug-likeness (QED) is 0.746. The van der Waals surface area contributed by atoms with Crippen molar-refractivity contribution >= 4 is 11.9 Å². The number of rotatable bonds is 6. The van der Waals surface area contributed by atoms with Gasteiger partial charge in [0, 0.05) is 0 Å². The summed E-state index contributed by atoms with van der Waals surface area (Å²) in [6.07, 6.45) is -0.207. The molecule has 0 aliphatic rings. The van der Waals surface area contributed by atoms with Crippen LogP contribution in [0.2, 0.25) is 0 Å². The number of methoxy groups -OCH3 is 1. The molecule has 1 amide bonds. The van der Waals surface area contributed by atoms with Crippen molar-refractivity contribution in [3.8, 4) is 11.5 Å². The topological polar surface area (TPSA) is 95.9 Å². The lowest BCUT2D eigenvalue weighted by Gasteiger charge is -2.33. The number of phenols is 1. The smallest absolute Gasteiger partial charge is 0.305 e. The van der Waals surface area contributed by atoms with Gasteiger partial charge in [-0.2, -0.15) is 0 Å². The van der Waals surface area contributed by atoms with E-state index in [-0.39, 0.29) is 23.7 Å². The van der Waals surface area contributed by atoms with Crippen LogP contribution in [0.1, 0.15) is 37.6 Å². The molecular formula is C15H21NO5. The summed E-state index contributed by atoms with van der Waals surface area (Å²) >= 11 is 0. The van der Waals surface area contributed by atoms with Gasteiger partial charge in [-0.05, 0) is 31.0 Å². The van der Waals surface area contributed by atoms with Crippen molar-refractivity contribution in [1.29, 1.82) is 0 Å². The fourth-order valence-electron chi connectivity index (χ4n) is 1.86. The van der Waals surface area contributed by atoms with Crippen molar-refractivity contribution in [2.24, 2.45) is 5.92 Å². The number of hydrogen-bond donors (Lipinski definition) is 3. The Morgan fingerprint density at radius 2 is 2.00 bits per heavy atom. The Labute approximate surface area is 123 Å². The van der Waals surface area contributed by atoms with Crippen LogP contribution in [0.4, 0.5) is 0 Å². The third-order valence-corrected chi connectivity index (χ3v) is 3.64. The maximum Gasteiger partial charge on any atom is 0.305 e. The predicted octanol–water partition coefficient (Wildman–Crippen LogP) is 2.02. The van der Waals surface area contributed by atoms with Crippen molar-refractivity contribution in [2.75, 3.05) is 7.11 Å². The highest BCUT2D eigenvalue weighted by Gasteiger charge is 2.33. The zero-order chi connectivity index (χ0) is 16.2. The van der Waals surface area contributed by atoms with Gasteiger partial charge in [-0.3, -0.25) is 9.59 Å². The minimum Gasteiger partial charge on any atom is -0.507 e. The standard InChI is InChI=1S/C15H21NO5/c1-9(2)15(3,8-13(18)19)16-14(20)11-7-10(21-4)5-6-12(11)17/h5-7,9,17H,8H2,1-4H3,(H,16,20)(H,18,19). The Balaban J connectivity index is 3.05. The molecule has 0 fully saturated rings. The van der Waals surface area contributed by atoms with Crippen molar-refractivity contribution in [3.63, 3.8) is 0 Å². The number of aliphatic carboxylic acids is 1. The van der Waals surface area contributed by atoms with Gasteiger partial charge in [0.05, 0.1) is 24.6 Å². The van der Waals surface area contributed by atoms with E-state index in [1.807, 2.05) is 13.8 Å². The molecule has 0 saturated heterocycles. The molecule has 6 heteroatoms. The van der Waals surface area contributed by atoms with Gasteiger partial charge in [-0.15, -0.1) is 0 Å². The number of carboxylic acids is 1. The SMILES string of the molecule is COc1ccc(O)c(C(=O)NC(C)(CC(=O)O)C(C)C)c1. The second kappa shape index (κ2) is 6.47. The van der Waals surface area contributed by atoms with Gasteiger partial charge in [-0.25, -0.2) is 0 Å². The third-order valence-electron chi connectivity index (χ3n) is 3.64. The molecule has 1 aromatic carbocycles. The lowest BCUT2D eigenvalue weighted by Crippen LogP contribution is -2.51. The first-order chi connectivity index (χ1) is 9.69. The zero-order valence-corrected chi connectivity index (χ0v) is 12.6. The van der Waals surface area contributed by atoms with Gasteiger partial charge in [0.1, 0.15) is 11.5 Å². The van der Waals surface area contributed by atoms with Crippen molar-refractivity contribution in [2.45, 2.75) is 32.7 Å². The predicted molar refractivity (Wildman–Crippen MR) is 77.6 cm³/mol. The van der Waals surface area contributed by atoms with Crippen LogP contribution >= 0.6 is 0 Å². The molecule has 116 valence electrons. The molecule has 3 N–H and O–H groups in total. The molecule has 0 saturated carbocycles. The van der Waals surface area contributed by atoms with Crippen LogP contribution in [0.3, 0.4) is 0 Å². The van der Waals surface area contributed by atoms with E-state index in [9.17, 15) is 14.7 Å². The maximum atomic E-state index is 12.3. The second-order valence-corrected chi connectivity index (χ2v) is 5.48. The first kappa shape index (κ1) is 16.8. The number of aromatic hydroxyl groups is 1. The minimum atomic E-state index is -0.999. The summed E-state index contributed by atoms with van der Waals surface area (Å²) in [5, 5.41) is 21.5. The average molecular weight is 295 g/mol. The van der Waals surface area contributed by atoms with Crippen LogP contribution in [0.15, 0.2) is 18.2 Å². The van der Waals surface area contributed by atoms with Crippen LogP contribution in [-0.4, -0.2) is 34.7 Å². The molecule has 6 nitrogen and oxygen atoms in total. The summed E-state index contributed by atoms with van der Waals surface area (Å²) < 4.78 is 5.02. The molecule has 0 spiro atoms. The summed E-state index contributed by atoms with van der Waals surface area (Å²) in [6.45, 7) is 5.32. The molecule has 21 heavy (non-hydrogen) atoms. The average Bonchev–Trinajstić information content (AvgIpc) is 2.37. The molecule has 1 unspecified atom stereocenters. The molecule has 0 heterocycles. The second-order valence-electron chi connectivity index (χ2n) is 5.48. The number of carbonyl (C=O) groups excluding carboxylic acids is 1. The Morgan fingerprint density at radius 1 is 1.38 bits per heavy atom. The van der Waals surface area contributed by atoms with Crippen LogP contribution in [0.25, 0.3) is 0 Å². The Hall–Kier alpha value is -2.24. The molecule has 1 rings (SSSR count). The van der Waals surface area contributed by atoms with Crippen LogP contribution in [-0.2, 0) is 4.79 Å².